The van der Waals surface area contributed by atoms with Gasteiger partial charge in [0.15, 0.2) is 11.5 Å². The molecule has 0 aliphatic carbocycles. The van der Waals surface area contributed by atoms with Crippen LogP contribution in [0, 0.1) is 0 Å². The topological polar surface area (TPSA) is 50.4 Å². The van der Waals surface area contributed by atoms with Crippen molar-refractivity contribution in [3.8, 4) is 22.8 Å². The van der Waals surface area contributed by atoms with Gasteiger partial charge in [0.2, 0.25) is 0 Å². The van der Waals surface area contributed by atoms with Gasteiger partial charge in [0.25, 0.3) is 0 Å². The Hall–Kier alpha value is -2.01. The lowest BCUT2D eigenvalue weighted by atomic mass is 10.0. The number of nitrogens with zero attached hydrogens (tertiary/aromatic N) is 2. The maximum atomic E-state index is 5.66. The molecular weight excluding hydrogens is 266 g/mol. The summed E-state index contributed by atoms with van der Waals surface area (Å²) in [6.07, 6.45) is 1.02. The highest BCUT2D eigenvalue weighted by molar-refractivity contribution is 5.67. The Morgan fingerprint density at radius 2 is 2.19 bits per heavy atom. The van der Waals surface area contributed by atoms with Crippen molar-refractivity contribution in [2.75, 3.05) is 27.3 Å². The number of hydrogen-bond acceptors (Lipinski definition) is 4. The smallest absolute Gasteiger partial charge is 0.161 e. The van der Waals surface area contributed by atoms with E-state index in [1.165, 1.54) is 11.3 Å². The second-order valence-electron chi connectivity index (χ2n) is 5.32. The number of benzene rings is 1. The van der Waals surface area contributed by atoms with Crippen LogP contribution in [-0.4, -0.2) is 42.4 Å². The van der Waals surface area contributed by atoms with Crippen LogP contribution in [0.25, 0.3) is 11.3 Å². The fourth-order valence-electron chi connectivity index (χ4n) is 2.76. The van der Waals surface area contributed by atoms with Gasteiger partial charge in [0, 0.05) is 36.3 Å². The molecule has 1 aliphatic heterocycles. The number of aromatic nitrogens is 2. The Labute approximate surface area is 124 Å². The third-order valence-electron chi connectivity index (χ3n) is 3.86. The van der Waals surface area contributed by atoms with Gasteiger partial charge in [-0.2, -0.15) is 5.10 Å². The molecule has 0 fully saturated rings. The molecule has 0 amide bonds. The van der Waals surface area contributed by atoms with E-state index in [9.17, 15) is 0 Å². The van der Waals surface area contributed by atoms with Gasteiger partial charge in [-0.1, -0.05) is 0 Å². The van der Waals surface area contributed by atoms with Crippen LogP contribution in [0.4, 0.5) is 0 Å². The van der Waals surface area contributed by atoms with E-state index in [1.54, 1.807) is 7.11 Å². The lowest BCUT2D eigenvalue weighted by Gasteiger charge is -2.22. The number of likely N-dealkylation sites (N-methyl/N-ethyl adjacent to an activating group) is 1. The van der Waals surface area contributed by atoms with E-state index in [2.05, 4.69) is 22.1 Å². The van der Waals surface area contributed by atoms with Crippen LogP contribution in [0.5, 0.6) is 11.5 Å². The average molecular weight is 287 g/mol. The summed E-state index contributed by atoms with van der Waals surface area (Å²) < 4.78 is 11.0. The molecule has 21 heavy (non-hydrogen) atoms. The summed E-state index contributed by atoms with van der Waals surface area (Å²) in [6.45, 7) is 4.58. The summed E-state index contributed by atoms with van der Waals surface area (Å²) in [4.78, 5) is 2.31. The minimum atomic E-state index is 0.612. The SMILES string of the molecule is CCOc1cc(-c2n[nH]c3c2CN(C)CC3)ccc1OC. The summed E-state index contributed by atoms with van der Waals surface area (Å²) in [7, 11) is 3.79. The first-order valence-corrected chi connectivity index (χ1v) is 7.28. The summed E-state index contributed by atoms with van der Waals surface area (Å²) in [6, 6.07) is 5.98. The molecule has 1 aliphatic rings. The van der Waals surface area contributed by atoms with Gasteiger partial charge in [-0.25, -0.2) is 0 Å². The molecule has 0 spiro atoms. The van der Waals surface area contributed by atoms with Gasteiger partial charge in [-0.15, -0.1) is 0 Å². The summed E-state index contributed by atoms with van der Waals surface area (Å²) >= 11 is 0. The van der Waals surface area contributed by atoms with E-state index in [4.69, 9.17) is 9.47 Å². The van der Waals surface area contributed by atoms with E-state index in [0.717, 1.165) is 42.3 Å². The first kappa shape index (κ1) is 13.9. The molecule has 1 aromatic carbocycles. The number of methoxy groups -OCH3 is 1. The number of H-pyrrole nitrogens is 1. The number of aromatic amines is 1. The fraction of sp³-hybridized carbons (Fsp3) is 0.438. The third-order valence-corrected chi connectivity index (χ3v) is 3.86. The summed E-state index contributed by atoms with van der Waals surface area (Å²) in [5.74, 6) is 1.51. The van der Waals surface area contributed by atoms with E-state index in [1.807, 2.05) is 25.1 Å². The maximum Gasteiger partial charge on any atom is 0.161 e. The number of fused-ring (bicyclic) bond motifs is 1. The molecule has 5 nitrogen and oxygen atoms in total. The number of nitrogens with one attached hydrogen (secondary N) is 1. The van der Waals surface area contributed by atoms with Crippen LogP contribution in [0.3, 0.4) is 0 Å². The van der Waals surface area contributed by atoms with Crippen LogP contribution >= 0.6 is 0 Å². The zero-order valence-electron chi connectivity index (χ0n) is 12.8. The second-order valence-corrected chi connectivity index (χ2v) is 5.32. The molecule has 0 saturated carbocycles. The Morgan fingerprint density at radius 1 is 1.33 bits per heavy atom. The van der Waals surface area contributed by atoms with Crippen LogP contribution < -0.4 is 9.47 Å². The Bertz CT molecular complexity index is 636. The maximum absolute atomic E-state index is 5.66. The molecular formula is C16H21N3O2. The number of ether oxygens (including phenoxy) is 2. The summed E-state index contributed by atoms with van der Waals surface area (Å²) in [5, 5.41) is 7.69. The molecule has 0 bridgehead atoms. The Kier molecular flexibility index (Phi) is 3.84. The lowest BCUT2D eigenvalue weighted by molar-refractivity contribution is 0.310. The van der Waals surface area contributed by atoms with Crippen molar-refractivity contribution in [3.05, 3.63) is 29.5 Å². The van der Waals surface area contributed by atoms with Gasteiger partial charge in [-0.05, 0) is 32.2 Å². The predicted octanol–water partition coefficient (Wildman–Crippen LogP) is 2.47. The molecule has 0 saturated heterocycles. The quantitative estimate of drug-likeness (QED) is 0.938. The molecule has 3 rings (SSSR count). The highest BCUT2D eigenvalue weighted by atomic mass is 16.5. The van der Waals surface area contributed by atoms with Crippen molar-refractivity contribution < 1.29 is 9.47 Å². The van der Waals surface area contributed by atoms with E-state index < -0.39 is 0 Å². The van der Waals surface area contributed by atoms with Gasteiger partial charge < -0.3 is 14.4 Å². The standard InChI is InChI=1S/C16H21N3O2/c1-4-21-15-9-11(5-6-14(15)20-3)16-12-10-19(2)8-7-13(12)17-18-16/h5-6,9H,4,7-8,10H2,1-3H3,(H,17,18). The van der Waals surface area contributed by atoms with Gasteiger partial charge >= 0.3 is 0 Å². The van der Waals surface area contributed by atoms with Crippen molar-refractivity contribution in [3.63, 3.8) is 0 Å². The number of rotatable bonds is 4. The van der Waals surface area contributed by atoms with Crippen LogP contribution in [-0.2, 0) is 13.0 Å². The minimum Gasteiger partial charge on any atom is -0.493 e. The zero-order chi connectivity index (χ0) is 14.8. The van der Waals surface area contributed by atoms with Crippen LogP contribution in [0.15, 0.2) is 18.2 Å². The largest absolute Gasteiger partial charge is 0.493 e. The van der Waals surface area contributed by atoms with Crippen molar-refractivity contribution in [1.29, 1.82) is 0 Å². The highest BCUT2D eigenvalue weighted by Gasteiger charge is 2.21. The first-order chi connectivity index (χ1) is 10.2. The lowest BCUT2D eigenvalue weighted by Crippen LogP contribution is -2.26. The highest BCUT2D eigenvalue weighted by Crippen LogP contribution is 2.34. The van der Waals surface area contributed by atoms with Crippen molar-refractivity contribution in [2.24, 2.45) is 0 Å². The Balaban J connectivity index is 2.01. The Morgan fingerprint density at radius 3 is 2.95 bits per heavy atom. The summed E-state index contributed by atoms with van der Waals surface area (Å²) in [5.41, 5.74) is 4.61. The molecule has 0 radical (unpaired) electrons. The van der Waals surface area contributed by atoms with Gasteiger partial charge in [0.05, 0.1) is 19.4 Å². The monoisotopic (exact) mass is 287 g/mol. The molecule has 112 valence electrons. The van der Waals surface area contributed by atoms with Crippen molar-refractivity contribution in [1.82, 2.24) is 15.1 Å². The molecule has 1 aromatic heterocycles. The third kappa shape index (κ3) is 2.61. The fourth-order valence-corrected chi connectivity index (χ4v) is 2.76. The van der Waals surface area contributed by atoms with Crippen molar-refractivity contribution in [2.45, 2.75) is 19.9 Å². The second kappa shape index (κ2) is 5.77. The van der Waals surface area contributed by atoms with E-state index in [0.29, 0.717) is 6.61 Å². The van der Waals surface area contributed by atoms with Crippen LogP contribution in [0.1, 0.15) is 18.2 Å². The molecule has 2 heterocycles. The van der Waals surface area contributed by atoms with Gasteiger partial charge in [0.1, 0.15) is 0 Å². The predicted molar refractivity (Wildman–Crippen MR) is 81.8 cm³/mol. The first-order valence-electron chi connectivity index (χ1n) is 7.28. The van der Waals surface area contributed by atoms with Gasteiger partial charge in [-0.3, -0.25) is 5.10 Å². The molecule has 0 atom stereocenters. The molecule has 5 heteroatoms. The molecule has 0 unspecified atom stereocenters. The zero-order valence-corrected chi connectivity index (χ0v) is 12.8. The molecule has 1 N–H and O–H groups in total. The van der Waals surface area contributed by atoms with E-state index >= 15 is 0 Å². The van der Waals surface area contributed by atoms with E-state index in [-0.39, 0.29) is 0 Å². The van der Waals surface area contributed by atoms with Crippen LogP contribution in [0.2, 0.25) is 0 Å². The average Bonchev–Trinajstić information content (AvgIpc) is 2.90. The number of hydrogen-bond donors (Lipinski definition) is 1. The molecule has 2 aromatic rings. The minimum absolute atomic E-state index is 0.612. The normalized spacial score (nSPS) is 14.8. The van der Waals surface area contributed by atoms with Crippen molar-refractivity contribution >= 4 is 0 Å².